The van der Waals surface area contributed by atoms with Crippen molar-refractivity contribution in [3.63, 3.8) is 0 Å². The van der Waals surface area contributed by atoms with Gasteiger partial charge in [0.05, 0.1) is 0 Å². The number of anilines is 1. The second kappa shape index (κ2) is 5.82. The van der Waals surface area contributed by atoms with Gasteiger partial charge in [0.1, 0.15) is 0 Å². The zero-order valence-electron chi connectivity index (χ0n) is 11.1. The van der Waals surface area contributed by atoms with Gasteiger partial charge < -0.3 is 10.2 Å². The summed E-state index contributed by atoms with van der Waals surface area (Å²) in [5.41, 5.74) is 0.214. The lowest BCUT2D eigenvalue weighted by Crippen LogP contribution is -2.30. The molecule has 1 aromatic heterocycles. The average Bonchev–Trinajstić information content (AvgIpc) is 3.20. The lowest BCUT2D eigenvalue weighted by Gasteiger charge is -2.14. The minimum absolute atomic E-state index is 0.00596. The Morgan fingerprint density at radius 2 is 2.10 bits per heavy atom. The fraction of sp³-hybridized carbons (Fsp3) is 0.667. The molecule has 7 nitrogen and oxygen atoms in total. The number of aromatic amines is 1. The number of nitrogens with zero attached hydrogens (tertiary/aromatic N) is 3. The normalized spacial score (nSPS) is 22.2. The molecule has 1 aromatic rings. The van der Waals surface area contributed by atoms with Crippen LogP contribution in [0.25, 0.3) is 0 Å². The highest BCUT2D eigenvalue weighted by Gasteiger charge is 2.28. The first-order valence-electron chi connectivity index (χ1n) is 6.84. The predicted molar refractivity (Wildman–Crippen MR) is 75.6 cm³/mol. The van der Waals surface area contributed by atoms with E-state index in [1.807, 2.05) is 0 Å². The lowest BCUT2D eigenvalue weighted by molar-refractivity contribution is -0.119. The number of thioether (sulfide) groups is 1. The first-order valence-corrected chi connectivity index (χ1v) is 8.00. The zero-order valence-corrected chi connectivity index (χ0v) is 11.9. The smallest absolute Gasteiger partial charge is 0.278 e. The maximum Gasteiger partial charge on any atom is 0.278 e. The minimum Gasteiger partial charge on any atom is -0.337 e. The van der Waals surface area contributed by atoms with Crippen LogP contribution in [-0.4, -0.2) is 56.7 Å². The number of rotatable bonds is 3. The van der Waals surface area contributed by atoms with Gasteiger partial charge in [-0.2, -0.15) is 17.0 Å². The van der Waals surface area contributed by atoms with Gasteiger partial charge in [0.15, 0.2) is 11.5 Å². The highest BCUT2D eigenvalue weighted by Crippen LogP contribution is 2.25. The molecule has 3 rings (SSSR count). The van der Waals surface area contributed by atoms with Crippen molar-refractivity contribution in [3.8, 4) is 0 Å². The van der Waals surface area contributed by atoms with Crippen molar-refractivity contribution in [1.82, 2.24) is 20.3 Å². The third-order valence-corrected chi connectivity index (χ3v) is 4.85. The molecule has 2 aliphatic rings. The number of likely N-dealkylation sites (tertiary alicyclic amines) is 1. The Bertz CT molecular complexity index is 506. The molecule has 0 radical (unpaired) electrons. The highest BCUT2D eigenvalue weighted by molar-refractivity contribution is 7.99. The van der Waals surface area contributed by atoms with E-state index in [1.165, 1.54) is 0 Å². The molecule has 0 aliphatic carbocycles. The van der Waals surface area contributed by atoms with E-state index in [1.54, 1.807) is 16.7 Å². The summed E-state index contributed by atoms with van der Waals surface area (Å²) in [6.45, 7) is 1.50. The van der Waals surface area contributed by atoms with E-state index in [-0.39, 0.29) is 29.2 Å². The molecule has 20 heavy (non-hydrogen) atoms. The Morgan fingerprint density at radius 3 is 2.80 bits per heavy atom. The molecule has 0 aromatic carbocycles. The van der Waals surface area contributed by atoms with Crippen LogP contribution in [0.3, 0.4) is 0 Å². The maximum absolute atomic E-state index is 12.3. The number of amides is 2. The monoisotopic (exact) mass is 295 g/mol. The van der Waals surface area contributed by atoms with E-state index < -0.39 is 0 Å². The number of nitrogens with one attached hydrogen (secondary N) is 2. The molecule has 2 aliphatic heterocycles. The quantitative estimate of drug-likeness (QED) is 0.858. The van der Waals surface area contributed by atoms with Gasteiger partial charge >= 0.3 is 0 Å². The fourth-order valence-corrected chi connectivity index (χ4v) is 3.72. The van der Waals surface area contributed by atoms with Crippen LogP contribution < -0.4 is 5.32 Å². The largest absolute Gasteiger partial charge is 0.337 e. The average molecular weight is 295 g/mol. The number of aromatic nitrogens is 3. The van der Waals surface area contributed by atoms with Gasteiger partial charge in [-0.3, -0.25) is 9.59 Å². The molecule has 0 saturated carbocycles. The number of hydrogen-bond acceptors (Lipinski definition) is 5. The van der Waals surface area contributed by atoms with E-state index in [4.69, 9.17) is 0 Å². The number of carbonyl (C=O) groups excluding carboxylic acids is 2. The third kappa shape index (κ3) is 2.65. The van der Waals surface area contributed by atoms with Crippen molar-refractivity contribution < 1.29 is 9.59 Å². The molecule has 1 atom stereocenters. The summed E-state index contributed by atoms with van der Waals surface area (Å²) in [5.74, 6) is 1.87. The van der Waals surface area contributed by atoms with Crippen LogP contribution in [0.2, 0.25) is 0 Å². The number of carbonyl (C=O) groups is 2. The highest BCUT2D eigenvalue weighted by atomic mass is 32.2. The maximum atomic E-state index is 12.3. The van der Waals surface area contributed by atoms with Crippen LogP contribution in [0, 0.1) is 5.92 Å². The summed E-state index contributed by atoms with van der Waals surface area (Å²) < 4.78 is 0. The lowest BCUT2D eigenvalue weighted by atomic mass is 10.1. The van der Waals surface area contributed by atoms with Gasteiger partial charge in [0, 0.05) is 24.8 Å². The molecule has 1 unspecified atom stereocenters. The van der Waals surface area contributed by atoms with Gasteiger partial charge in [0.25, 0.3) is 5.91 Å². The second-order valence-electron chi connectivity index (χ2n) is 5.07. The Balaban J connectivity index is 1.69. The van der Waals surface area contributed by atoms with Gasteiger partial charge in [-0.05, 0) is 25.0 Å². The van der Waals surface area contributed by atoms with Gasteiger partial charge in [0.2, 0.25) is 5.91 Å². The molecule has 108 valence electrons. The number of hydrogen-bond donors (Lipinski definition) is 2. The predicted octanol–water partition coefficient (Wildman–Crippen LogP) is 0.732. The van der Waals surface area contributed by atoms with Crippen molar-refractivity contribution in [3.05, 3.63) is 5.69 Å². The summed E-state index contributed by atoms with van der Waals surface area (Å²) in [5, 5.41) is 13.0. The molecule has 0 spiro atoms. The van der Waals surface area contributed by atoms with Gasteiger partial charge in [-0.1, -0.05) is 0 Å². The molecule has 2 amide bonds. The van der Waals surface area contributed by atoms with Crippen LogP contribution in [0.1, 0.15) is 29.8 Å². The molecule has 3 heterocycles. The molecule has 8 heteroatoms. The first-order chi connectivity index (χ1) is 9.75. The van der Waals surface area contributed by atoms with E-state index in [0.717, 1.165) is 43.9 Å². The second-order valence-corrected chi connectivity index (χ2v) is 6.22. The molecular weight excluding hydrogens is 278 g/mol. The summed E-state index contributed by atoms with van der Waals surface area (Å²) in [7, 11) is 0. The Morgan fingerprint density at radius 1 is 1.30 bits per heavy atom. The van der Waals surface area contributed by atoms with Crippen molar-refractivity contribution in [2.75, 3.05) is 29.9 Å². The van der Waals surface area contributed by atoms with E-state index in [9.17, 15) is 9.59 Å². The topological polar surface area (TPSA) is 91.0 Å². The molecule has 2 fully saturated rings. The summed E-state index contributed by atoms with van der Waals surface area (Å²) >= 11 is 1.77. The Labute approximate surface area is 120 Å². The van der Waals surface area contributed by atoms with E-state index >= 15 is 0 Å². The summed E-state index contributed by atoms with van der Waals surface area (Å²) in [6.07, 6.45) is 2.92. The molecule has 2 saturated heterocycles. The van der Waals surface area contributed by atoms with Crippen molar-refractivity contribution in [2.45, 2.75) is 19.3 Å². The standard InChI is InChI=1S/C12H17N5O2S/c18-11(8-3-6-20-7-8)13-10-9(14-16-15-10)12(19)17-4-1-2-5-17/h8H,1-7H2,(H2,13,14,15,16,18). The SMILES string of the molecule is O=C(Nc1n[nH]nc1C(=O)N1CCCC1)C1CCSC1. The Hall–Kier alpha value is -1.57. The zero-order chi connectivity index (χ0) is 13.9. The fourth-order valence-electron chi connectivity index (χ4n) is 2.50. The van der Waals surface area contributed by atoms with E-state index in [0.29, 0.717) is 0 Å². The Kier molecular flexibility index (Phi) is 3.90. The van der Waals surface area contributed by atoms with E-state index in [2.05, 4.69) is 20.7 Å². The molecular formula is C12H17N5O2S. The van der Waals surface area contributed by atoms with Gasteiger partial charge in [-0.25, -0.2) is 0 Å². The van der Waals surface area contributed by atoms with Crippen molar-refractivity contribution in [2.24, 2.45) is 5.92 Å². The van der Waals surface area contributed by atoms with Crippen molar-refractivity contribution >= 4 is 29.4 Å². The molecule has 0 bridgehead atoms. The van der Waals surface area contributed by atoms with Crippen molar-refractivity contribution in [1.29, 1.82) is 0 Å². The van der Waals surface area contributed by atoms with Crippen LogP contribution in [-0.2, 0) is 4.79 Å². The van der Waals surface area contributed by atoms with Crippen LogP contribution >= 0.6 is 11.8 Å². The van der Waals surface area contributed by atoms with Crippen LogP contribution in [0.4, 0.5) is 5.82 Å². The first kappa shape index (κ1) is 13.4. The summed E-state index contributed by atoms with van der Waals surface area (Å²) in [6, 6.07) is 0. The molecule has 2 N–H and O–H groups in total. The number of H-pyrrole nitrogens is 1. The van der Waals surface area contributed by atoms with Crippen LogP contribution in [0.5, 0.6) is 0 Å². The van der Waals surface area contributed by atoms with Crippen LogP contribution in [0.15, 0.2) is 0 Å². The third-order valence-electron chi connectivity index (χ3n) is 3.69. The summed E-state index contributed by atoms with van der Waals surface area (Å²) in [4.78, 5) is 26.1. The minimum atomic E-state index is -0.160. The van der Waals surface area contributed by atoms with Gasteiger partial charge in [-0.15, -0.1) is 10.2 Å².